The third-order valence-electron chi connectivity index (χ3n) is 6.84. The zero-order valence-corrected chi connectivity index (χ0v) is 24.4. The Balaban J connectivity index is 1.79. The number of carbonyl (C=O) groups is 2. The maximum Gasteiger partial charge on any atom is 0.240 e. The van der Waals surface area contributed by atoms with Crippen molar-refractivity contribution in [2.24, 2.45) is 0 Å². The van der Waals surface area contributed by atoms with Crippen LogP contribution in [0.5, 0.6) is 11.5 Å². The van der Waals surface area contributed by atoms with E-state index in [1.54, 1.807) is 29.9 Å². The Bertz CT molecular complexity index is 1410. The van der Waals surface area contributed by atoms with Gasteiger partial charge in [0, 0.05) is 22.6 Å². The number of hydrogen-bond acceptors (Lipinski definition) is 6. The molecule has 10 heteroatoms. The summed E-state index contributed by atoms with van der Waals surface area (Å²) in [5, 5.41) is 8.29. The molecule has 3 aromatic rings. The van der Waals surface area contributed by atoms with Crippen molar-refractivity contribution in [3.05, 3.63) is 64.3 Å². The highest BCUT2D eigenvalue weighted by atomic mass is 35.5. The Labute approximate surface area is 238 Å². The maximum atomic E-state index is 13.8. The Morgan fingerprint density at radius 2 is 1.90 bits per heavy atom. The van der Waals surface area contributed by atoms with Crippen LogP contribution >= 0.6 is 23.4 Å². The van der Waals surface area contributed by atoms with Crippen molar-refractivity contribution in [1.82, 2.24) is 15.1 Å². The molecule has 1 aliphatic carbocycles. The first-order valence-electron chi connectivity index (χ1n) is 12.9. The van der Waals surface area contributed by atoms with Gasteiger partial charge >= 0.3 is 0 Å². The molecule has 206 valence electrons. The van der Waals surface area contributed by atoms with Gasteiger partial charge in [-0.15, -0.1) is 11.8 Å². The van der Waals surface area contributed by atoms with E-state index in [0.29, 0.717) is 28.0 Å². The predicted molar refractivity (Wildman–Crippen MR) is 155 cm³/mol. The van der Waals surface area contributed by atoms with Crippen LogP contribution in [0.2, 0.25) is 5.02 Å². The SMILES string of the molecule is COc1ccc(OC)c(C2SCC(=O)N(CC(=O)NC3CC3)c3c2c(C(C)(C)C)nn3-c2ccccc2Cl)c1. The monoisotopic (exact) mass is 568 g/mol. The predicted octanol–water partition coefficient (Wildman–Crippen LogP) is 5.29. The van der Waals surface area contributed by atoms with Crippen LogP contribution in [0.15, 0.2) is 42.5 Å². The second-order valence-corrected chi connectivity index (χ2v) is 12.3. The molecule has 2 aliphatic rings. The molecule has 8 nitrogen and oxygen atoms in total. The van der Waals surface area contributed by atoms with Gasteiger partial charge in [0.25, 0.3) is 0 Å². The molecule has 0 spiro atoms. The number of aromatic nitrogens is 2. The molecule has 1 N–H and O–H groups in total. The van der Waals surface area contributed by atoms with E-state index in [-0.39, 0.29) is 35.4 Å². The summed E-state index contributed by atoms with van der Waals surface area (Å²) < 4.78 is 13.1. The smallest absolute Gasteiger partial charge is 0.240 e. The van der Waals surface area contributed by atoms with Crippen LogP contribution in [0.3, 0.4) is 0 Å². The molecule has 0 bridgehead atoms. The lowest BCUT2D eigenvalue weighted by Gasteiger charge is -2.25. The Kier molecular flexibility index (Phi) is 7.57. The molecule has 1 unspecified atom stereocenters. The van der Waals surface area contributed by atoms with Gasteiger partial charge in [-0.25, -0.2) is 4.68 Å². The topological polar surface area (TPSA) is 85.7 Å². The fourth-order valence-electron chi connectivity index (χ4n) is 4.80. The Morgan fingerprint density at radius 3 is 2.54 bits per heavy atom. The van der Waals surface area contributed by atoms with Crippen molar-refractivity contribution in [3.8, 4) is 17.2 Å². The molecule has 1 aromatic heterocycles. The molecule has 2 heterocycles. The molecule has 1 atom stereocenters. The lowest BCUT2D eigenvalue weighted by molar-refractivity contribution is -0.123. The van der Waals surface area contributed by atoms with Crippen LogP contribution < -0.4 is 19.7 Å². The number of nitrogens with one attached hydrogen (secondary N) is 1. The quantitative estimate of drug-likeness (QED) is 0.417. The number of hydrogen-bond donors (Lipinski definition) is 1. The van der Waals surface area contributed by atoms with Gasteiger partial charge < -0.3 is 14.8 Å². The first kappa shape index (κ1) is 27.4. The number of fused-ring (bicyclic) bond motifs is 1. The van der Waals surface area contributed by atoms with Gasteiger partial charge in [-0.05, 0) is 43.2 Å². The number of rotatable bonds is 7. The van der Waals surface area contributed by atoms with Crippen molar-refractivity contribution >= 4 is 41.0 Å². The zero-order valence-electron chi connectivity index (χ0n) is 22.8. The zero-order chi connectivity index (χ0) is 27.9. The van der Waals surface area contributed by atoms with Crippen LogP contribution in [0.4, 0.5) is 5.82 Å². The van der Waals surface area contributed by atoms with Crippen LogP contribution in [0.25, 0.3) is 5.69 Å². The average molecular weight is 569 g/mol. The molecule has 2 amide bonds. The van der Waals surface area contributed by atoms with E-state index in [1.807, 2.05) is 36.4 Å². The van der Waals surface area contributed by atoms with Crippen molar-refractivity contribution < 1.29 is 19.1 Å². The molecule has 1 fully saturated rings. The average Bonchev–Trinajstić information content (AvgIpc) is 3.65. The largest absolute Gasteiger partial charge is 0.497 e. The number of halogens is 1. The van der Waals surface area contributed by atoms with Crippen LogP contribution in [-0.2, 0) is 15.0 Å². The van der Waals surface area contributed by atoms with E-state index >= 15 is 0 Å². The highest BCUT2D eigenvalue weighted by Crippen LogP contribution is 2.51. The summed E-state index contributed by atoms with van der Waals surface area (Å²) in [6.45, 7) is 6.17. The molecular weight excluding hydrogens is 536 g/mol. The van der Waals surface area contributed by atoms with Gasteiger partial charge in [-0.1, -0.05) is 44.5 Å². The normalized spacial score (nSPS) is 17.4. The van der Waals surface area contributed by atoms with Gasteiger partial charge in [0.1, 0.15) is 23.9 Å². The van der Waals surface area contributed by atoms with Crippen molar-refractivity contribution in [2.45, 2.75) is 50.3 Å². The van der Waals surface area contributed by atoms with Crippen LogP contribution in [0.1, 0.15) is 55.7 Å². The van der Waals surface area contributed by atoms with Gasteiger partial charge in [0.2, 0.25) is 11.8 Å². The van der Waals surface area contributed by atoms with Crippen LogP contribution in [0, 0.1) is 0 Å². The lowest BCUT2D eigenvalue weighted by Crippen LogP contribution is -2.43. The highest BCUT2D eigenvalue weighted by Gasteiger charge is 2.41. The molecule has 39 heavy (non-hydrogen) atoms. The summed E-state index contributed by atoms with van der Waals surface area (Å²) in [6, 6.07) is 13.2. The van der Waals surface area contributed by atoms with Gasteiger partial charge in [-0.2, -0.15) is 5.10 Å². The van der Waals surface area contributed by atoms with E-state index in [1.165, 1.54) is 11.8 Å². The summed E-state index contributed by atoms with van der Waals surface area (Å²) in [5.74, 6) is 1.71. The fourth-order valence-corrected chi connectivity index (χ4v) is 6.23. The summed E-state index contributed by atoms with van der Waals surface area (Å²) in [5.41, 5.74) is 2.77. The minimum atomic E-state index is -0.392. The van der Waals surface area contributed by atoms with Crippen molar-refractivity contribution in [2.75, 3.05) is 31.4 Å². The minimum Gasteiger partial charge on any atom is -0.497 e. The molecule has 0 radical (unpaired) electrons. The number of methoxy groups -OCH3 is 2. The van der Waals surface area contributed by atoms with Gasteiger partial charge in [-0.3, -0.25) is 14.5 Å². The first-order valence-corrected chi connectivity index (χ1v) is 14.4. The number of para-hydroxylation sites is 1. The van der Waals surface area contributed by atoms with Crippen LogP contribution in [-0.4, -0.2) is 54.2 Å². The van der Waals surface area contributed by atoms with E-state index in [4.69, 9.17) is 26.2 Å². The van der Waals surface area contributed by atoms with Gasteiger partial charge in [0.05, 0.1) is 41.6 Å². The molecule has 1 saturated carbocycles. The van der Waals surface area contributed by atoms with E-state index in [9.17, 15) is 9.59 Å². The second-order valence-electron chi connectivity index (χ2n) is 10.8. The Hall–Kier alpha value is -3.17. The first-order chi connectivity index (χ1) is 18.6. The van der Waals surface area contributed by atoms with E-state index in [0.717, 1.165) is 29.7 Å². The Morgan fingerprint density at radius 1 is 1.15 bits per heavy atom. The summed E-state index contributed by atoms with van der Waals surface area (Å²) in [7, 11) is 3.25. The molecular formula is C29H33ClN4O4S. The maximum absolute atomic E-state index is 13.8. The molecule has 0 saturated heterocycles. The number of amides is 2. The molecule has 2 aromatic carbocycles. The third kappa shape index (κ3) is 5.47. The second kappa shape index (κ2) is 10.8. The number of nitrogens with zero attached hydrogens (tertiary/aromatic N) is 3. The summed E-state index contributed by atoms with van der Waals surface area (Å²) in [6.07, 6.45) is 1.93. The fraction of sp³-hybridized carbons (Fsp3) is 0.414. The third-order valence-corrected chi connectivity index (χ3v) is 8.40. The number of thioether (sulfide) groups is 1. The minimum absolute atomic E-state index is 0.107. The molecule has 1 aliphatic heterocycles. The number of carbonyl (C=O) groups excluding carboxylic acids is 2. The standard InChI is InChI=1S/C29H33ClN4O4S/c1-29(2,3)27-25-26(19-14-18(37-4)12-13-22(19)38-5)39-16-24(36)33(15-23(35)31-17-10-11-17)28(25)34(32-27)21-9-7-6-8-20(21)30/h6-9,12-14,17,26H,10-11,15-16H2,1-5H3,(H,31,35). The van der Waals surface area contributed by atoms with E-state index in [2.05, 4.69) is 26.1 Å². The number of ether oxygens (including phenoxy) is 2. The summed E-state index contributed by atoms with van der Waals surface area (Å²) in [4.78, 5) is 28.4. The van der Waals surface area contributed by atoms with Crippen molar-refractivity contribution in [1.29, 1.82) is 0 Å². The lowest BCUT2D eigenvalue weighted by atomic mass is 9.87. The highest BCUT2D eigenvalue weighted by molar-refractivity contribution is 8.00. The summed E-state index contributed by atoms with van der Waals surface area (Å²) >= 11 is 8.18. The number of benzene rings is 2. The molecule has 5 rings (SSSR count). The van der Waals surface area contributed by atoms with Crippen molar-refractivity contribution in [3.63, 3.8) is 0 Å². The van der Waals surface area contributed by atoms with Gasteiger partial charge in [0.15, 0.2) is 0 Å². The van der Waals surface area contributed by atoms with E-state index < -0.39 is 5.41 Å². The number of anilines is 1.